The zero-order valence-corrected chi connectivity index (χ0v) is 12.0. The van der Waals surface area contributed by atoms with Gasteiger partial charge in [-0.15, -0.1) is 0 Å². The summed E-state index contributed by atoms with van der Waals surface area (Å²) in [6.07, 6.45) is 5.16. The molecule has 20 heavy (non-hydrogen) atoms. The Kier molecular flexibility index (Phi) is 4.93. The first-order chi connectivity index (χ1) is 9.66. The molecule has 1 N–H and O–H groups in total. The Balaban J connectivity index is 1.98. The standard InChI is InChI=1S/C16H21N3O/c1-13(2)8-9-16(20)17-12-14-6-3-4-7-15(14)19-11-5-10-18-19/h3-7,10-11,13H,8-9,12H2,1-2H3,(H,17,20). The normalized spacial score (nSPS) is 10.8. The van der Waals surface area contributed by atoms with Gasteiger partial charge in [-0.25, -0.2) is 4.68 Å². The average Bonchev–Trinajstić information content (AvgIpc) is 2.97. The number of amides is 1. The van der Waals surface area contributed by atoms with Gasteiger partial charge in [0.15, 0.2) is 0 Å². The SMILES string of the molecule is CC(C)CCC(=O)NCc1ccccc1-n1cccn1. The minimum absolute atomic E-state index is 0.106. The molecule has 0 aliphatic rings. The van der Waals surface area contributed by atoms with Crippen LogP contribution in [-0.2, 0) is 11.3 Å². The fourth-order valence-corrected chi connectivity index (χ4v) is 2.00. The summed E-state index contributed by atoms with van der Waals surface area (Å²) in [7, 11) is 0. The molecule has 4 heteroatoms. The lowest BCUT2D eigenvalue weighted by Gasteiger charge is -2.11. The molecule has 0 aliphatic heterocycles. The quantitative estimate of drug-likeness (QED) is 0.878. The van der Waals surface area contributed by atoms with E-state index in [0.717, 1.165) is 17.7 Å². The molecule has 0 aliphatic carbocycles. The number of rotatable bonds is 6. The van der Waals surface area contributed by atoms with Crippen molar-refractivity contribution >= 4 is 5.91 Å². The molecule has 2 rings (SSSR count). The second-order valence-electron chi connectivity index (χ2n) is 5.29. The fourth-order valence-electron chi connectivity index (χ4n) is 2.00. The maximum atomic E-state index is 11.8. The highest BCUT2D eigenvalue weighted by Crippen LogP contribution is 2.13. The Labute approximate surface area is 119 Å². The lowest BCUT2D eigenvalue weighted by atomic mass is 10.1. The Bertz CT molecular complexity index is 547. The van der Waals surface area contributed by atoms with Crippen molar-refractivity contribution in [1.29, 1.82) is 0 Å². The van der Waals surface area contributed by atoms with Crippen molar-refractivity contribution in [2.45, 2.75) is 33.2 Å². The average molecular weight is 271 g/mol. The van der Waals surface area contributed by atoms with Crippen LogP contribution in [0.2, 0.25) is 0 Å². The summed E-state index contributed by atoms with van der Waals surface area (Å²) in [5.41, 5.74) is 2.07. The van der Waals surface area contributed by atoms with Crippen molar-refractivity contribution < 1.29 is 4.79 Å². The second-order valence-corrected chi connectivity index (χ2v) is 5.29. The van der Waals surface area contributed by atoms with E-state index in [4.69, 9.17) is 0 Å². The maximum Gasteiger partial charge on any atom is 0.220 e. The van der Waals surface area contributed by atoms with E-state index in [9.17, 15) is 4.79 Å². The van der Waals surface area contributed by atoms with E-state index in [1.165, 1.54) is 0 Å². The minimum atomic E-state index is 0.106. The molecule has 0 spiro atoms. The molecule has 0 fully saturated rings. The van der Waals surface area contributed by atoms with Gasteiger partial charge in [-0.3, -0.25) is 4.79 Å². The molecule has 0 saturated heterocycles. The van der Waals surface area contributed by atoms with Gasteiger partial charge in [-0.2, -0.15) is 5.10 Å². The molecule has 0 bridgehead atoms. The lowest BCUT2D eigenvalue weighted by Crippen LogP contribution is -2.23. The number of carbonyl (C=O) groups is 1. The monoisotopic (exact) mass is 271 g/mol. The van der Waals surface area contributed by atoms with Crippen molar-refractivity contribution in [3.8, 4) is 5.69 Å². The van der Waals surface area contributed by atoms with Gasteiger partial charge in [0.25, 0.3) is 0 Å². The third-order valence-electron chi connectivity index (χ3n) is 3.17. The summed E-state index contributed by atoms with van der Waals surface area (Å²) in [6, 6.07) is 9.85. The fraction of sp³-hybridized carbons (Fsp3) is 0.375. The van der Waals surface area contributed by atoms with E-state index in [1.807, 2.05) is 41.2 Å². The molecular weight excluding hydrogens is 250 g/mol. The number of aromatic nitrogens is 2. The molecule has 0 saturated carbocycles. The summed E-state index contributed by atoms with van der Waals surface area (Å²) >= 11 is 0. The first-order valence-electron chi connectivity index (χ1n) is 7.01. The van der Waals surface area contributed by atoms with Gasteiger partial charge in [0, 0.05) is 25.4 Å². The third-order valence-corrected chi connectivity index (χ3v) is 3.17. The molecule has 1 aromatic carbocycles. The van der Waals surface area contributed by atoms with E-state index in [2.05, 4.69) is 24.3 Å². The molecule has 1 heterocycles. The molecule has 4 nitrogen and oxygen atoms in total. The Morgan fingerprint density at radius 2 is 2.10 bits per heavy atom. The molecule has 0 radical (unpaired) electrons. The predicted octanol–water partition coefficient (Wildman–Crippen LogP) is 2.92. The minimum Gasteiger partial charge on any atom is -0.352 e. The summed E-state index contributed by atoms with van der Waals surface area (Å²) < 4.78 is 1.82. The van der Waals surface area contributed by atoms with Gasteiger partial charge in [-0.1, -0.05) is 32.0 Å². The van der Waals surface area contributed by atoms with E-state index in [0.29, 0.717) is 18.9 Å². The smallest absolute Gasteiger partial charge is 0.220 e. The van der Waals surface area contributed by atoms with Crippen LogP contribution < -0.4 is 5.32 Å². The summed E-state index contributed by atoms with van der Waals surface area (Å²) in [4.78, 5) is 11.8. The van der Waals surface area contributed by atoms with E-state index >= 15 is 0 Å². The molecule has 0 atom stereocenters. The zero-order chi connectivity index (χ0) is 14.4. The third kappa shape index (κ3) is 3.95. The molecule has 106 valence electrons. The van der Waals surface area contributed by atoms with Crippen LogP contribution in [0.5, 0.6) is 0 Å². The number of hydrogen-bond donors (Lipinski definition) is 1. The van der Waals surface area contributed by atoms with Crippen molar-refractivity contribution in [2.24, 2.45) is 5.92 Å². The van der Waals surface area contributed by atoms with Crippen molar-refractivity contribution in [3.05, 3.63) is 48.3 Å². The highest BCUT2D eigenvalue weighted by Gasteiger charge is 2.07. The number of benzene rings is 1. The van der Waals surface area contributed by atoms with E-state index in [-0.39, 0.29) is 5.91 Å². The summed E-state index contributed by atoms with van der Waals surface area (Å²) in [5, 5.41) is 7.21. The van der Waals surface area contributed by atoms with Crippen LogP contribution in [0.25, 0.3) is 5.69 Å². The summed E-state index contributed by atoms with van der Waals surface area (Å²) in [6.45, 7) is 4.79. The molecule has 0 unspecified atom stereocenters. The number of hydrogen-bond acceptors (Lipinski definition) is 2. The van der Waals surface area contributed by atoms with Crippen LogP contribution in [-0.4, -0.2) is 15.7 Å². The predicted molar refractivity (Wildman–Crippen MR) is 79.5 cm³/mol. The highest BCUT2D eigenvalue weighted by molar-refractivity contribution is 5.75. The van der Waals surface area contributed by atoms with Crippen molar-refractivity contribution in [2.75, 3.05) is 0 Å². The van der Waals surface area contributed by atoms with Crippen LogP contribution >= 0.6 is 0 Å². The topological polar surface area (TPSA) is 46.9 Å². The van der Waals surface area contributed by atoms with Crippen LogP contribution in [0.3, 0.4) is 0 Å². The van der Waals surface area contributed by atoms with Crippen LogP contribution in [0.1, 0.15) is 32.3 Å². The Morgan fingerprint density at radius 1 is 1.30 bits per heavy atom. The van der Waals surface area contributed by atoms with Gasteiger partial charge in [0.05, 0.1) is 5.69 Å². The second kappa shape index (κ2) is 6.89. The van der Waals surface area contributed by atoms with Gasteiger partial charge < -0.3 is 5.32 Å². The van der Waals surface area contributed by atoms with Gasteiger partial charge >= 0.3 is 0 Å². The maximum absolute atomic E-state index is 11.8. The zero-order valence-electron chi connectivity index (χ0n) is 12.0. The highest BCUT2D eigenvalue weighted by atomic mass is 16.1. The van der Waals surface area contributed by atoms with E-state index in [1.54, 1.807) is 6.20 Å². The largest absolute Gasteiger partial charge is 0.352 e. The Hall–Kier alpha value is -2.10. The molecule has 1 amide bonds. The molecular formula is C16H21N3O. The van der Waals surface area contributed by atoms with Gasteiger partial charge in [-0.05, 0) is 30.0 Å². The van der Waals surface area contributed by atoms with Crippen molar-refractivity contribution in [3.63, 3.8) is 0 Å². The number of carbonyl (C=O) groups excluding carboxylic acids is 1. The van der Waals surface area contributed by atoms with Crippen LogP contribution in [0, 0.1) is 5.92 Å². The first-order valence-corrected chi connectivity index (χ1v) is 7.01. The van der Waals surface area contributed by atoms with Gasteiger partial charge in [0.1, 0.15) is 0 Å². The summed E-state index contributed by atoms with van der Waals surface area (Å²) in [5.74, 6) is 0.658. The van der Waals surface area contributed by atoms with Crippen LogP contribution in [0.15, 0.2) is 42.7 Å². The number of nitrogens with one attached hydrogen (secondary N) is 1. The van der Waals surface area contributed by atoms with Gasteiger partial charge in [0.2, 0.25) is 5.91 Å². The van der Waals surface area contributed by atoms with Crippen molar-refractivity contribution in [1.82, 2.24) is 15.1 Å². The number of para-hydroxylation sites is 1. The first kappa shape index (κ1) is 14.3. The Morgan fingerprint density at radius 3 is 2.80 bits per heavy atom. The molecule has 1 aromatic heterocycles. The lowest BCUT2D eigenvalue weighted by molar-refractivity contribution is -0.121. The van der Waals surface area contributed by atoms with Crippen LogP contribution in [0.4, 0.5) is 0 Å². The van der Waals surface area contributed by atoms with E-state index < -0.39 is 0 Å². The molecule has 2 aromatic rings. The number of nitrogens with zero attached hydrogens (tertiary/aromatic N) is 2.